The van der Waals surface area contributed by atoms with Crippen LogP contribution in [-0.2, 0) is 10.8 Å². The van der Waals surface area contributed by atoms with E-state index in [1.165, 1.54) is 44.5 Å². The minimum atomic E-state index is -0.0861. The second-order valence-electron chi connectivity index (χ2n) is 13.4. The average molecular weight is 568 g/mol. The lowest BCUT2D eigenvalue weighted by Crippen LogP contribution is -2.17. The van der Waals surface area contributed by atoms with Gasteiger partial charge in [-0.3, -0.25) is 0 Å². The normalized spacial score (nSPS) is 15.2. The number of nitrogens with zero attached hydrogens (tertiary/aromatic N) is 1. The maximum Gasteiger partial charge on any atom is 0.137 e. The van der Waals surface area contributed by atoms with Gasteiger partial charge in [-0.15, -0.1) is 0 Å². The molecule has 2 heteroatoms. The van der Waals surface area contributed by atoms with Crippen molar-refractivity contribution in [1.29, 1.82) is 0 Å². The van der Waals surface area contributed by atoms with Crippen LogP contribution >= 0.6 is 0 Å². The van der Waals surface area contributed by atoms with E-state index in [1.807, 2.05) is 12.1 Å². The van der Waals surface area contributed by atoms with Gasteiger partial charge in [-0.25, -0.2) is 0 Å². The van der Waals surface area contributed by atoms with Crippen molar-refractivity contribution in [2.24, 2.45) is 0 Å². The maximum absolute atomic E-state index is 6.39. The van der Waals surface area contributed by atoms with Crippen molar-refractivity contribution < 1.29 is 4.42 Å². The van der Waals surface area contributed by atoms with E-state index in [1.54, 1.807) is 0 Å². The van der Waals surface area contributed by atoms with Crippen molar-refractivity contribution in [3.8, 4) is 22.3 Å². The van der Waals surface area contributed by atoms with E-state index < -0.39 is 0 Å². The summed E-state index contributed by atoms with van der Waals surface area (Å²) in [4.78, 5) is 2.40. The van der Waals surface area contributed by atoms with Gasteiger partial charge in [0.1, 0.15) is 11.2 Å². The van der Waals surface area contributed by atoms with Gasteiger partial charge in [0.15, 0.2) is 0 Å². The third kappa shape index (κ3) is 3.37. The van der Waals surface area contributed by atoms with Gasteiger partial charge in [0.05, 0.1) is 0 Å². The fraction of sp³-hybridized carbons (Fsp3) is 0.143. The van der Waals surface area contributed by atoms with E-state index in [9.17, 15) is 0 Å². The Bertz CT molecular complexity index is 2300. The zero-order chi connectivity index (χ0) is 29.8. The second kappa shape index (κ2) is 8.74. The molecule has 6 aromatic carbocycles. The summed E-state index contributed by atoms with van der Waals surface area (Å²) >= 11 is 0. The summed E-state index contributed by atoms with van der Waals surface area (Å²) in [6.07, 6.45) is 0. The molecule has 0 amide bonds. The summed E-state index contributed by atoms with van der Waals surface area (Å²) < 4.78 is 6.39. The van der Waals surface area contributed by atoms with Crippen molar-refractivity contribution in [3.05, 3.63) is 150 Å². The van der Waals surface area contributed by atoms with E-state index in [0.717, 1.165) is 39.0 Å². The van der Waals surface area contributed by atoms with Crippen LogP contribution in [0.15, 0.2) is 132 Å². The van der Waals surface area contributed by atoms with Gasteiger partial charge >= 0.3 is 0 Å². The van der Waals surface area contributed by atoms with E-state index >= 15 is 0 Å². The first-order chi connectivity index (χ1) is 21.3. The largest absolute Gasteiger partial charge is 0.456 e. The number of hydrogen-bond acceptors (Lipinski definition) is 2. The highest BCUT2D eigenvalue weighted by molar-refractivity contribution is 6.06. The van der Waals surface area contributed by atoms with Crippen molar-refractivity contribution in [1.82, 2.24) is 0 Å². The Hall–Kier alpha value is -5.08. The Kier molecular flexibility index (Phi) is 5.05. The zero-order valence-corrected chi connectivity index (χ0v) is 25.5. The summed E-state index contributed by atoms with van der Waals surface area (Å²) in [5.41, 5.74) is 15.9. The van der Waals surface area contributed by atoms with Crippen molar-refractivity contribution >= 4 is 39.0 Å². The molecule has 7 aromatic rings. The first-order valence-electron chi connectivity index (χ1n) is 15.5. The first-order valence-corrected chi connectivity index (χ1v) is 15.5. The lowest BCUT2D eigenvalue weighted by atomic mass is 9.82. The van der Waals surface area contributed by atoms with Gasteiger partial charge in [0.2, 0.25) is 0 Å². The quantitative estimate of drug-likeness (QED) is 0.211. The van der Waals surface area contributed by atoms with Gasteiger partial charge in [-0.2, -0.15) is 0 Å². The number of anilines is 3. The molecule has 0 saturated heterocycles. The highest BCUT2D eigenvalue weighted by Gasteiger charge is 2.37. The smallest absolute Gasteiger partial charge is 0.137 e. The SMILES string of the molecule is CC1(C)c2ccccc2-c2cc(N(c3ccc4c(c3)C(C)(C)c3ccccc3-4)c3ccc4c(c3)oc3ccccc34)ccc21. The van der Waals surface area contributed by atoms with E-state index in [0.29, 0.717) is 0 Å². The summed E-state index contributed by atoms with van der Waals surface area (Å²) in [5.74, 6) is 0. The number of para-hydroxylation sites is 1. The number of furan rings is 1. The number of rotatable bonds is 3. The van der Waals surface area contributed by atoms with Crippen LogP contribution in [0, 0.1) is 0 Å². The lowest BCUT2D eigenvalue weighted by Gasteiger charge is -2.29. The Morgan fingerprint density at radius 1 is 0.409 bits per heavy atom. The van der Waals surface area contributed by atoms with Crippen LogP contribution in [0.25, 0.3) is 44.2 Å². The molecule has 0 aliphatic heterocycles. The summed E-state index contributed by atoms with van der Waals surface area (Å²) in [7, 11) is 0. The molecule has 0 bridgehead atoms. The summed E-state index contributed by atoms with van der Waals surface area (Å²) in [5, 5.41) is 2.29. The van der Waals surface area contributed by atoms with Crippen LogP contribution in [0.2, 0.25) is 0 Å². The maximum atomic E-state index is 6.39. The topological polar surface area (TPSA) is 16.4 Å². The van der Waals surface area contributed by atoms with Crippen LogP contribution in [0.5, 0.6) is 0 Å². The van der Waals surface area contributed by atoms with Crippen LogP contribution < -0.4 is 4.90 Å². The highest BCUT2D eigenvalue weighted by atomic mass is 16.3. The number of benzene rings is 6. The second-order valence-corrected chi connectivity index (χ2v) is 13.4. The van der Waals surface area contributed by atoms with E-state index in [-0.39, 0.29) is 10.8 Å². The van der Waals surface area contributed by atoms with Crippen LogP contribution in [0.1, 0.15) is 49.9 Å². The van der Waals surface area contributed by atoms with Crippen LogP contribution in [0.4, 0.5) is 17.1 Å². The Morgan fingerprint density at radius 3 is 1.73 bits per heavy atom. The predicted molar refractivity (Wildman–Crippen MR) is 184 cm³/mol. The molecule has 0 N–H and O–H groups in total. The molecule has 0 atom stereocenters. The highest BCUT2D eigenvalue weighted by Crippen LogP contribution is 2.53. The van der Waals surface area contributed by atoms with Crippen molar-refractivity contribution in [2.45, 2.75) is 38.5 Å². The molecule has 0 unspecified atom stereocenters. The third-order valence-corrected chi connectivity index (χ3v) is 10.3. The standard InChI is InChI=1S/C42H33NO/c1-41(2)36-15-9-6-12-30(36)34-23-26(19-22-37(34)41)43(28-18-21-33-32-13-7-10-16-39(32)44-40(33)25-28)27-17-20-31-29-11-5-8-14-35(29)42(3,4)38(31)24-27/h5-25H,1-4H3. The fourth-order valence-corrected chi connectivity index (χ4v) is 7.98. The molecule has 2 aliphatic carbocycles. The zero-order valence-electron chi connectivity index (χ0n) is 25.5. The molecule has 1 aromatic heterocycles. The van der Waals surface area contributed by atoms with Gasteiger partial charge in [-0.1, -0.05) is 107 Å². The molecule has 2 aliphatic rings. The monoisotopic (exact) mass is 567 g/mol. The van der Waals surface area contributed by atoms with Crippen molar-refractivity contribution in [2.75, 3.05) is 4.90 Å². The Balaban J connectivity index is 1.27. The minimum absolute atomic E-state index is 0.0359. The van der Waals surface area contributed by atoms with E-state index in [2.05, 4.69) is 148 Å². The van der Waals surface area contributed by atoms with Gasteiger partial charge in [-0.05, 0) is 87.0 Å². The molecular weight excluding hydrogens is 534 g/mol. The Labute approximate surface area is 258 Å². The van der Waals surface area contributed by atoms with Gasteiger partial charge in [0.25, 0.3) is 0 Å². The van der Waals surface area contributed by atoms with Crippen LogP contribution in [0.3, 0.4) is 0 Å². The van der Waals surface area contributed by atoms with E-state index in [4.69, 9.17) is 4.42 Å². The molecule has 1 heterocycles. The molecular formula is C42H33NO. The molecule has 0 radical (unpaired) electrons. The summed E-state index contributed by atoms with van der Waals surface area (Å²) in [6.45, 7) is 9.37. The Morgan fingerprint density at radius 2 is 0.932 bits per heavy atom. The van der Waals surface area contributed by atoms with Gasteiger partial charge < -0.3 is 9.32 Å². The predicted octanol–water partition coefficient (Wildman–Crippen LogP) is 11.7. The molecule has 212 valence electrons. The molecule has 0 saturated carbocycles. The first kappa shape index (κ1) is 25.4. The molecule has 0 spiro atoms. The number of fused-ring (bicyclic) bond motifs is 9. The average Bonchev–Trinajstić information content (AvgIpc) is 3.61. The fourth-order valence-electron chi connectivity index (χ4n) is 7.98. The third-order valence-electron chi connectivity index (χ3n) is 10.3. The number of hydrogen-bond donors (Lipinski definition) is 0. The summed E-state index contributed by atoms with van der Waals surface area (Å²) in [6, 6.07) is 46.7. The minimum Gasteiger partial charge on any atom is -0.456 e. The molecule has 9 rings (SSSR count). The molecule has 0 fully saturated rings. The van der Waals surface area contributed by atoms with Crippen LogP contribution in [-0.4, -0.2) is 0 Å². The molecule has 44 heavy (non-hydrogen) atoms. The lowest BCUT2D eigenvalue weighted by molar-refractivity contribution is 0.660. The van der Waals surface area contributed by atoms with Crippen molar-refractivity contribution in [3.63, 3.8) is 0 Å². The van der Waals surface area contributed by atoms with Gasteiger partial charge in [0, 0.05) is 44.7 Å². The molecule has 2 nitrogen and oxygen atoms in total.